The zero-order chi connectivity index (χ0) is 12.7. The van der Waals surface area contributed by atoms with E-state index in [2.05, 4.69) is 10.1 Å². The largest absolute Gasteiger partial charge is 0.479 e. The van der Waals surface area contributed by atoms with E-state index in [-0.39, 0.29) is 12.5 Å². The van der Waals surface area contributed by atoms with Crippen molar-refractivity contribution in [1.29, 1.82) is 0 Å². The lowest BCUT2D eigenvalue weighted by Gasteiger charge is -2.16. The zero-order valence-electron chi connectivity index (χ0n) is 9.90. The molecule has 0 spiro atoms. The molecule has 0 saturated carbocycles. The Hall–Kier alpha value is -1.14. The van der Waals surface area contributed by atoms with Gasteiger partial charge in [-0.1, -0.05) is 13.8 Å². The molecule has 0 aliphatic heterocycles. The third kappa shape index (κ3) is 5.67. The fourth-order valence-electron chi connectivity index (χ4n) is 1.21. The summed E-state index contributed by atoms with van der Waals surface area (Å²) < 4.78 is 4.67. The smallest absolute Gasteiger partial charge is 0.334 e. The molecular formula is C10H20N2O4. The van der Waals surface area contributed by atoms with Crippen molar-refractivity contribution in [3.05, 3.63) is 0 Å². The minimum Gasteiger partial charge on any atom is -0.479 e. The van der Waals surface area contributed by atoms with Gasteiger partial charge >= 0.3 is 5.97 Å². The Balaban J connectivity index is 4.00. The summed E-state index contributed by atoms with van der Waals surface area (Å²) in [7, 11) is 1.28. The number of carboxylic acid groups (broad SMARTS) is 1. The third-order valence-corrected chi connectivity index (χ3v) is 2.08. The van der Waals surface area contributed by atoms with Crippen LogP contribution in [0.3, 0.4) is 0 Å². The molecule has 94 valence electrons. The molecule has 0 aliphatic carbocycles. The first-order chi connectivity index (χ1) is 7.38. The fourth-order valence-corrected chi connectivity index (χ4v) is 1.21. The summed E-state index contributed by atoms with van der Waals surface area (Å²) in [5.41, 5.74) is 5.62. The zero-order valence-corrected chi connectivity index (χ0v) is 9.90. The van der Waals surface area contributed by atoms with Crippen molar-refractivity contribution in [2.75, 3.05) is 13.7 Å². The van der Waals surface area contributed by atoms with Gasteiger partial charge < -0.3 is 20.9 Å². The maximum Gasteiger partial charge on any atom is 0.334 e. The van der Waals surface area contributed by atoms with E-state index >= 15 is 0 Å². The van der Waals surface area contributed by atoms with Crippen molar-refractivity contribution in [3.8, 4) is 0 Å². The number of carboxylic acids is 1. The standard InChI is InChI=1S/C10H20N2O4/c1-6(2)4-7(11)9(13)12-5-8(16-3)10(14)15/h6-8H,4-5,11H2,1-3H3,(H,12,13)(H,14,15)/t7-,8?/m0/s1. The predicted octanol–water partition coefficient (Wildman–Crippen LogP) is -0.424. The molecule has 1 unspecified atom stereocenters. The van der Waals surface area contributed by atoms with Gasteiger partial charge in [-0.15, -0.1) is 0 Å². The van der Waals surface area contributed by atoms with Gasteiger partial charge in [0.25, 0.3) is 0 Å². The Labute approximate surface area is 95.1 Å². The second-order valence-electron chi connectivity index (χ2n) is 4.04. The van der Waals surface area contributed by atoms with Crippen LogP contribution in [0.4, 0.5) is 0 Å². The maximum absolute atomic E-state index is 11.4. The van der Waals surface area contributed by atoms with E-state index in [4.69, 9.17) is 10.8 Å². The molecular weight excluding hydrogens is 212 g/mol. The van der Waals surface area contributed by atoms with Crippen molar-refractivity contribution < 1.29 is 19.4 Å². The van der Waals surface area contributed by atoms with Crippen molar-refractivity contribution in [3.63, 3.8) is 0 Å². The second kappa shape index (κ2) is 7.19. The Kier molecular flexibility index (Phi) is 6.67. The monoisotopic (exact) mass is 232 g/mol. The summed E-state index contributed by atoms with van der Waals surface area (Å²) in [5, 5.41) is 11.1. The van der Waals surface area contributed by atoms with Crippen LogP contribution < -0.4 is 11.1 Å². The quantitative estimate of drug-likeness (QED) is 0.553. The van der Waals surface area contributed by atoms with Crippen LogP contribution >= 0.6 is 0 Å². The van der Waals surface area contributed by atoms with Crippen LogP contribution in [0, 0.1) is 5.92 Å². The number of aliphatic carboxylic acids is 1. The number of nitrogens with one attached hydrogen (secondary N) is 1. The van der Waals surface area contributed by atoms with Gasteiger partial charge in [-0.2, -0.15) is 0 Å². The molecule has 6 nitrogen and oxygen atoms in total. The maximum atomic E-state index is 11.4. The molecule has 0 saturated heterocycles. The number of rotatable bonds is 7. The molecule has 0 aromatic carbocycles. The number of carbonyl (C=O) groups is 2. The molecule has 0 aliphatic rings. The number of hydrogen-bond acceptors (Lipinski definition) is 4. The molecule has 1 amide bonds. The van der Waals surface area contributed by atoms with E-state index in [0.717, 1.165) is 0 Å². The van der Waals surface area contributed by atoms with Crippen LogP contribution in [0.1, 0.15) is 20.3 Å². The average molecular weight is 232 g/mol. The third-order valence-electron chi connectivity index (χ3n) is 2.08. The Morgan fingerprint density at radius 3 is 2.38 bits per heavy atom. The molecule has 0 rings (SSSR count). The molecule has 4 N–H and O–H groups in total. The predicted molar refractivity (Wildman–Crippen MR) is 58.9 cm³/mol. The normalized spacial score (nSPS) is 14.6. The number of ether oxygens (including phenoxy) is 1. The molecule has 0 heterocycles. The average Bonchev–Trinajstić information content (AvgIpc) is 2.16. The van der Waals surface area contributed by atoms with E-state index in [0.29, 0.717) is 12.3 Å². The first-order valence-corrected chi connectivity index (χ1v) is 5.17. The van der Waals surface area contributed by atoms with Gasteiger partial charge in [-0.3, -0.25) is 4.79 Å². The number of methoxy groups -OCH3 is 1. The van der Waals surface area contributed by atoms with Crippen LogP contribution in [-0.4, -0.2) is 42.8 Å². The van der Waals surface area contributed by atoms with Crippen LogP contribution in [-0.2, 0) is 14.3 Å². The molecule has 2 atom stereocenters. The lowest BCUT2D eigenvalue weighted by molar-refractivity contribution is -0.148. The second-order valence-corrected chi connectivity index (χ2v) is 4.04. The summed E-state index contributed by atoms with van der Waals surface area (Å²) in [6, 6.07) is -0.605. The first kappa shape index (κ1) is 14.9. The fraction of sp³-hybridized carbons (Fsp3) is 0.800. The Morgan fingerprint density at radius 1 is 1.44 bits per heavy atom. The lowest BCUT2D eigenvalue weighted by atomic mass is 10.0. The highest BCUT2D eigenvalue weighted by molar-refractivity contribution is 5.82. The number of hydrogen-bond donors (Lipinski definition) is 3. The van der Waals surface area contributed by atoms with Gasteiger partial charge in [0.15, 0.2) is 6.10 Å². The van der Waals surface area contributed by atoms with E-state index in [1.54, 1.807) is 0 Å². The summed E-state index contributed by atoms with van der Waals surface area (Å²) in [6.07, 6.45) is -0.466. The van der Waals surface area contributed by atoms with Crippen molar-refractivity contribution in [1.82, 2.24) is 5.32 Å². The number of nitrogens with two attached hydrogens (primary N) is 1. The van der Waals surface area contributed by atoms with E-state index in [1.807, 2.05) is 13.8 Å². The van der Waals surface area contributed by atoms with Crippen molar-refractivity contribution in [2.24, 2.45) is 11.7 Å². The highest BCUT2D eigenvalue weighted by atomic mass is 16.5. The lowest BCUT2D eigenvalue weighted by Crippen LogP contribution is -2.45. The van der Waals surface area contributed by atoms with Gasteiger partial charge in [0.1, 0.15) is 0 Å². The van der Waals surface area contributed by atoms with E-state index < -0.39 is 18.1 Å². The molecule has 16 heavy (non-hydrogen) atoms. The first-order valence-electron chi connectivity index (χ1n) is 5.17. The summed E-state index contributed by atoms with van der Waals surface area (Å²) in [5.74, 6) is -1.14. The van der Waals surface area contributed by atoms with Crippen molar-refractivity contribution >= 4 is 11.9 Å². The minimum atomic E-state index is -1.11. The van der Waals surface area contributed by atoms with Gasteiger partial charge in [0.2, 0.25) is 5.91 Å². The summed E-state index contributed by atoms with van der Waals surface area (Å²) >= 11 is 0. The molecule has 0 fully saturated rings. The van der Waals surface area contributed by atoms with Crippen LogP contribution in [0.15, 0.2) is 0 Å². The van der Waals surface area contributed by atoms with Crippen LogP contribution in [0.2, 0.25) is 0 Å². The van der Waals surface area contributed by atoms with Crippen LogP contribution in [0.25, 0.3) is 0 Å². The molecule has 0 bridgehead atoms. The highest BCUT2D eigenvalue weighted by Crippen LogP contribution is 2.02. The van der Waals surface area contributed by atoms with Gasteiger partial charge in [0.05, 0.1) is 12.6 Å². The highest BCUT2D eigenvalue weighted by Gasteiger charge is 2.20. The van der Waals surface area contributed by atoms with Crippen LogP contribution in [0.5, 0.6) is 0 Å². The van der Waals surface area contributed by atoms with Crippen molar-refractivity contribution in [2.45, 2.75) is 32.4 Å². The Bertz CT molecular complexity index is 243. The number of carbonyl (C=O) groups excluding carboxylic acids is 1. The van der Waals surface area contributed by atoms with Gasteiger partial charge in [0, 0.05) is 7.11 Å². The topological polar surface area (TPSA) is 102 Å². The molecule has 6 heteroatoms. The van der Waals surface area contributed by atoms with Gasteiger partial charge in [-0.25, -0.2) is 4.79 Å². The summed E-state index contributed by atoms with van der Waals surface area (Å²) in [6.45, 7) is 3.85. The molecule has 0 aromatic heterocycles. The van der Waals surface area contributed by atoms with E-state index in [9.17, 15) is 9.59 Å². The molecule has 0 radical (unpaired) electrons. The SMILES string of the molecule is COC(CNC(=O)[C@@H](N)CC(C)C)C(=O)O. The number of amides is 1. The molecule has 0 aromatic rings. The Morgan fingerprint density at radius 2 is 2.00 bits per heavy atom. The minimum absolute atomic E-state index is 0.0730. The summed E-state index contributed by atoms with van der Waals surface area (Å²) in [4.78, 5) is 22.0. The van der Waals surface area contributed by atoms with E-state index in [1.165, 1.54) is 7.11 Å². The van der Waals surface area contributed by atoms with Gasteiger partial charge in [-0.05, 0) is 12.3 Å².